The summed E-state index contributed by atoms with van der Waals surface area (Å²) in [4.78, 5) is 15.9. The zero-order valence-electron chi connectivity index (χ0n) is 9.34. The largest absolute Gasteiger partial charge is 0.477 e. The Bertz CT molecular complexity index is 574. The van der Waals surface area contributed by atoms with E-state index >= 15 is 0 Å². The summed E-state index contributed by atoms with van der Waals surface area (Å²) in [6.07, 6.45) is 1.48. The molecular weight excluding hydrogens is 270 g/mol. The lowest BCUT2D eigenvalue weighted by Gasteiger charge is -2.05. The Morgan fingerprint density at radius 1 is 1.33 bits per heavy atom. The van der Waals surface area contributed by atoms with Gasteiger partial charge in [-0.3, -0.25) is 0 Å². The van der Waals surface area contributed by atoms with Gasteiger partial charge in [-0.1, -0.05) is 23.7 Å². The van der Waals surface area contributed by atoms with E-state index in [9.17, 15) is 4.79 Å². The average molecular weight is 280 g/mol. The molecule has 0 radical (unpaired) electrons. The van der Waals surface area contributed by atoms with Crippen LogP contribution in [0.5, 0.6) is 0 Å². The van der Waals surface area contributed by atoms with Gasteiger partial charge in [0.2, 0.25) is 0 Å². The first kappa shape index (κ1) is 12.9. The molecule has 0 saturated heterocycles. The van der Waals surface area contributed by atoms with Crippen LogP contribution < -0.4 is 0 Å². The minimum Gasteiger partial charge on any atom is -0.477 e. The number of halogens is 1. The van der Waals surface area contributed by atoms with Crippen LogP contribution >= 0.6 is 23.4 Å². The van der Waals surface area contributed by atoms with Gasteiger partial charge >= 0.3 is 5.97 Å². The van der Waals surface area contributed by atoms with Crippen LogP contribution in [0, 0.1) is 0 Å². The van der Waals surface area contributed by atoms with Crippen LogP contribution in [0.1, 0.15) is 16.1 Å². The minimum absolute atomic E-state index is 0.104. The average Bonchev–Trinajstić information content (AvgIpc) is 2.37. The molecule has 1 aromatic carbocycles. The third kappa shape index (κ3) is 3.24. The number of thioether (sulfide) groups is 1. The van der Waals surface area contributed by atoms with E-state index < -0.39 is 5.97 Å². The zero-order valence-corrected chi connectivity index (χ0v) is 10.9. The number of benzene rings is 1. The fourth-order valence-electron chi connectivity index (χ4n) is 1.47. The van der Waals surface area contributed by atoms with Gasteiger partial charge in [-0.2, -0.15) is 0 Å². The predicted octanol–water partition coefficient (Wildman–Crippen LogP) is 3.73. The van der Waals surface area contributed by atoms with E-state index in [4.69, 9.17) is 16.7 Å². The molecule has 2 rings (SSSR count). The molecule has 0 aliphatic heterocycles. The van der Waals surface area contributed by atoms with Gasteiger partial charge in [-0.25, -0.2) is 9.78 Å². The van der Waals surface area contributed by atoms with E-state index in [0.717, 1.165) is 4.90 Å². The van der Waals surface area contributed by atoms with E-state index in [1.54, 1.807) is 18.2 Å². The van der Waals surface area contributed by atoms with Crippen LogP contribution in [0.3, 0.4) is 0 Å². The van der Waals surface area contributed by atoms with Gasteiger partial charge in [0.25, 0.3) is 0 Å². The molecule has 0 spiro atoms. The van der Waals surface area contributed by atoms with Crippen LogP contribution in [0.4, 0.5) is 0 Å². The molecule has 5 heteroatoms. The SMILES string of the molecule is O=C(O)c1ncccc1CSc1cccc(Cl)c1. The van der Waals surface area contributed by atoms with E-state index in [1.165, 1.54) is 18.0 Å². The number of carbonyl (C=O) groups is 1. The Morgan fingerprint density at radius 3 is 2.89 bits per heavy atom. The van der Waals surface area contributed by atoms with E-state index in [-0.39, 0.29) is 5.69 Å². The number of carboxylic acids is 1. The second-order valence-electron chi connectivity index (χ2n) is 3.56. The van der Waals surface area contributed by atoms with Gasteiger partial charge in [0, 0.05) is 21.9 Å². The molecule has 0 amide bonds. The van der Waals surface area contributed by atoms with E-state index in [2.05, 4.69) is 4.98 Å². The van der Waals surface area contributed by atoms with Crippen molar-refractivity contribution in [2.45, 2.75) is 10.6 Å². The standard InChI is InChI=1S/C13H10ClNO2S/c14-10-4-1-5-11(7-10)18-8-9-3-2-6-15-12(9)13(16)17/h1-7H,8H2,(H,16,17). The van der Waals surface area contributed by atoms with Crippen molar-refractivity contribution in [3.63, 3.8) is 0 Å². The number of aromatic nitrogens is 1. The molecule has 18 heavy (non-hydrogen) atoms. The van der Waals surface area contributed by atoms with Gasteiger partial charge < -0.3 is 5.11 Å². The monoisotopic (exact) mass is 279 g/mol. The van der Waals surface area contributed by atoms with Crippen molar-refractivity contribution in [2.24, 2.45) is 0 Å². The molecule has 0 atom stereocenters. The molecule has 0 unspecified atom stereocenters. The maximum Gasteiger partial charge on any atom is 0.354 e. The van der Waals surface area contributed by atoms with Crippen LogP contribution in [-0.4, -0.2) is 16.1 Å². The summed E-state index contributed by atoms with van der Waals surface area (Å²) < 4.78 is 0. The fraction of sp³-hybridized carbons (Fsp3) is 0.0769. The van der Waals surface area contributed by atoms with Crippen molar-refractivity contribution in [2.75, 3.05) is 0 Å². The second-order valence-corrected chi connectivity index (χ2v) is 5.05. The van der Waals surface area contributed by atoms with Crippen molar-refractivity contribution in [1.29, 1.82) is 0 Å². The molecule has 0 aliphatic rings. The highest BCUT2D eigenvalue weighted by Crippen LogP contribution is 2.25. The molecule has 0 saturated carbocycles. The topological polar surface area (TPSA) is 50.2 Å². The molecule has 2 aromatic rings. The maximum atomic E-state index is 11.0. The van der Waals surface area contributed by atoms with Crippen LogP contribution in [0.15, 0.2) is 47.5 Å². The molecular formula is C13H10ClNO2S. The normalized spacial score (nSPS) is 10.3. The summed E-state index contributed by atoms with van der Waals surface area (Å²) in [7, 11) is 0. The molecule has 92 valence electrons. The zero-order chi connectivity index (χ0) is 13.0. The van der Waals surface area contributed by atoms with E-state index in [1.807, 2.05) is 18.2 Å². The third-order valence-electron chi connectivity index (χ3n) is 2.28. The van der Waals surface area contributed by atoms with Gasteiger partial charge in [0.15, 0.2) is 5.69 Å². The molecule has 0 aliphatic carbocycles. The summed E-state index contributed by atoms with van der Waals surface area (Å²) >= 11 is 7.42. The fourth-order valence-corrected chi connectivity index (χ4v) is 2.66. The smallest absolute Gasteiger partial charge is 0.354 e. The summed E-state index contributed by atoms with van der Waals surface area (Å²) in [6.45, 7) is 0. The summed E-state index contributed by atoms with van der Waals surface area (Å²) in [6, 6.07) is 11.0. The minimum atomic E-state index is -1.00. The highest BCUT2D eigenvalue weighted by Gasteiger charge is 2.10. The van der Waals surface area contributed by atoms with Gasteiger partial charge in [0.05, 0.1) is 0 Å². The van der Waals surface area contributed by atoms with Crippen LogP contribution in [0.25, 0.3) is 0 Å². The lowest BCUT2D eigenvalue weighted by molar-refractivity contribution is 0.0689. The Hall–Kier alpha value is -1.52. The summed E-state index contributed by atoms with van der Waals surface area (Å²) in [5.41, 5.74) is 0.807. The van der Waals surface area contributed by atoms with Crippen molar-refractivity contribution >= 4 is 29.3 Å². The summed E-state index contributed by atoms with van der Waals surface area (Å²) in [5.74, 6) is -0.451. The first-order valence-corrected chi connectivity index (χ1v) is 6.59. The van der Waals surface area contributed by atoms with Crippen LogP contribution in [-0.2, 0) is 5.75 Å². The maximum absolute atomic E-state index is 11.0. The highest BCUT2D eigenvalue weighted by molar-refractivity contribution is 7.98. The van der Waals surface area contributed by atoms with Gasteiger partial charge in [-0.05, 0) is 29.8 Å². The molecule has 1 aromatic heterocycles. The molecule has 0 fully saturated rings. The Labute approximate surface area is 114 Å². The third-order valence-corrected chi connectivity index (χ3v) is 3.56. The van der Waals surface area contributed by atoms with Crippen molar-refractivity contribution < 1.29 is 9.90 Å². The Kier molecular flexibility index (Phi) is 4.23. The molecule has 1 heterocycles. The number of nitrogens with zero attached hydrogens (tertiary/aromatic N) is 1. The summed E-state index contributed by atoms with van der Waals surface area (Å²) in [5, 5.41) is 9.69. The highest BCUT2D eigenvalue weighted by atomic mass is 35.5. The Morgan fingerprint density at radius 2 is 2.17 bits per heavy atom. The van der Waals surface area contributed by atoms with E-state index in [0.29, 0.717) is 16.3 Å². The first-order chi connectivity index (χ1) is 8.66. The number of carboxylic acid groups (broad SMARTS) is 1. The van der Waals surface area contributed by atoms with Crippen LogP contribution in [0.2, 0.25) is 5.02 Å². The first-order valence-electron chi connectivity index (χ1n) is 5.22. The van der Waals surface area contributed by atoms with Gasteiger partial charge in [0.1, 0.15) is 0 Å². The Balaban J connectivity index is 2.13. The number of rotatable bonds is 4. The predicted molar refractivity (Wildman–Crippen MR) is 72.2 cm³/mol. The molecule has 3 nitrogen and oxygen atoms in total. The quantitative estimate of drug-likeness (QED) is 0.867. The van der Waals surface area contributed by atoms with Crippen molar-refractivity contribution in [3.8, 4) is 0 Å². The van der Waals surface area contributed by atoms with Crippen molar-refractivity contribution in [1.82, 2.24) is 4.98 Å². The lowest BCUT2D eigenvalue weighted by Crippen LogP contribution is -2.04. The molecule has 1 N–H and O–H groups in total. The van der Waals surface area contributed by atoms with Gasteiger partial charge in [-0.15, -0.1) is 11.8 Å². The number of aromatic carboxylic acids is 1. The second kappa shape index (κ2) is 5.89. The van der Waals surface area contributed by atoms with Crippen molar-refractivity contribution in [3.05, 3.63) is 58.9 Å². The number of hydrogen-bond donors (Lipinski definition) is 1. The number of hydrogen-bond acceptors (Lipinski definition) is 3. The number of pyridine rings is 1. The molecule has 0 bridgehead atoms. The lowest BCUT2D eigenvalue weighted by atomic mass is 10.2.